The molecule has 1 amide bonds. The van der Waals surface area contributed by atoms with Gasteiger partial charge >= 0.3 is 0 Å². The topological polar surface area (TPSA) is 46.3 Å². The number of nitrogens with two attached hydrogens (primary N) is 1. The van der Waals surface area contributed by atoms with Crippen molar-refractivity contribution >= 4 is 33.2 Å². The third kappa shape index (κ3) is 2.59. The van der Waals surface area contributed by atoms with E-state index in [0.717, 1.165) is 28.7 Å². The average Bonchev–Trinajstić information content (AvgIpc) is 2.64. The van der Waals surface area contributed by atoms with Crippen LogP contribution in [0.2, 0.25) is 0 Å². The Morgan fingerprint density at radius 2 is 2.47 bits per heavy atom. The summed E-state index contributed by atoms with van der Waals surface area (Å²) in [5.41, 5.74) is 5.85. The average molecular weight is 289 g/mol. The van der Waals surface area contributed by atoms with Crippen LogP contribution in [0.3, 0.4) is 0 Å². The van der Waals surface area contributed by atoms with Crippen LogP contribution in [0.25, 0.3) is 0 Å². The Hall–Kier alpha value is -0.390. The van der Waals surface area contributed by atoms with Gasteiger partial charge < -0.3 is 10.6 Å². The molecule has 0 saturated carbocycles. The number of carbonyl (C=O) groups excluding carboxylic acids is 1. The van der Waals surface area contributed by atoms with Gasteiger partial charge in [-0.15, -0.1) is 11.3 Å². The Bertz CT molecular complexity index is 366. The van der Waals surface area contributed by atoms with Crippen LogP contribution in [0.5, 0.6) is 0 Å². The van der Waals surface area contributed by atoms with E-state index in [1.807, 2.05) is 16.3 Å². The van der Waals surface area contributed by atoms with Crippen LogP contribution < -0.4 is 5.73 Å². The van der Waals surface area contributed by atoms with Gasteiger partial charge in [0.1, 0.15) is 0 Å². The summed E-state index contributed by atoms with van der Waals surface area (Å²) < 4.78 is 0.970. The Labute approximate surface area is 101 Å². The number of hydrogen-bond donors (Lipinski definition) is 1. The van der Waals surface area contributed by atoms with Crippen molar-refractivity contribution in [2.24, 2.45) is 5.73 Å². The monoisotopic (exact) mass is 288 g/mol. The second-order valence-corrected chi connectivity index (χ2v) is 5.61. The molecular weight excluding hydrogens is 276 g/mol. The van der Waals surface area contributed by atoms with Crippen LogP contribution in [-0.4, -0.2) is 29.9 Å². The summed E-state index contributed by atoms with van der Waals surface area (Å²) in [5, 5.41) is 1.93. The molecule has 1 saturated heterocycles. The largest absolute Gasteiger partial charge is 0.336 e. The zero-order chi connectivity index (χ0) is 10.8. The normalized spacial score (nSPS) is 21.7. The van der Waals surface area contributed by atoms with Gasteiger partial charge in [0.15, 0.2) is 0 Å². The van der Waals surface area contributed by atoms with E-state index in [2.05, 4.69) is 15.9 Å². The molecule has 1 aromatic heterocycles. The van der Waals surface area contributed by atoms with Crippen molar-refractivity contribution in [3.05, 3.63) is 20.8 Å². The molecule has 2 heterocycles. The standard InChI is InChI=1S/C10H13BrN2OS/c11-7-4-9(15-6-7)10(14)13-3-1-2-8(12)5-13/h4,6,8H,1-3,5,12H2/t8-/m1/s1. The lowest BCUT2D eigenvalue weighted by Crippen LogP contribution is -2.45. The van der Waals surface area contributed by atoms with Gasteiger partial charge in [0.05, 0.1) is 4.88 Å². The number of carbonyl (C=O) groups is 1. The summed E-state index contributed by atoms with van der Waals surface area (Å²) >= 11 is 4.82. The lowest BCUT2D eigenvalue weighted by Gasteiger charge is -2.30. The van der Waals surface area contributed by atoms with E-state index in [0.29, 0.717) is 6.54 Å². The third-order valence-electron chi connectivity index (χ3n) is 2.52. The first-order valence-corrected chi connectivity index (χ1v) is 6.63. The van der Waals surface area contributed by atoms with Crippen LogP contribution in [0.1, 0.15) is 22.5 Å². The molecule has 1 atom stereocenters. The van der Waals surface area contributed by atoms with Gasteiger partial charge in [-0.05, 0) is 34.8 Å². The van der Waals surface area contributed by atoms with Crippen molar-refractivity contribution in [3.8, 4) is 0 Å². The molecule has 15 heavy (non-hydrogen) atoms. The third-order valence-corrected chi connectivity index (χ3v) is 4.20. The highest BCUT2D eigenvalue weighted by molar-refractivity contribution is 9.10. The van der Waals surface area contributed by atoms with Crippen molar-refractivity contribution in [2.45, 2.75) is 18.9 Å². The van der Waals surface area contributed by atoms with Crippen molar-refractivity contribution in [1.82, 2.24) is 4.90 Å². The second-order valence-electron chi connectivity index (χ2n) is 3.78. The number of rotatable bonds is 1. The number of hydrogen-bond acceptors (Lipinski definition) is 3. The fraction of sp³-hybridized carbons (Fsp3) is 0.500. The number of piperidine rings is 1. The van der Waals surface area contributed by atoms with E-state index in [4.69, 9.17) is 5.73 Å². The molecule has 2 rings (SSSR count). The molecule has 1 aromatic rings. The fourth-order valence-corrected chi connectivity index (χ4v) is 3.17. The minimum Gasteiger partial charge on any atom is -0.336 e. The molecule has 0 unspecified atom stereocenters. The molecule has 1 fully saturated rings. The maximum Gasteiger partial charge on any atom is 0.264 e. The fourth-order valence-electron chi connectivity index (χ4n) is 1.78. The first-order chi connectivity index (χ1) is 7.16. The zero-order valence-electron chi connectivity index (χ0n) is 8.28. The maximum absolute atomic E-state index is 12.0. The highest BCUT2D eigenvalue weighted by atomic mass is 79.9. The minimum atomic E-state index is 0.112. The molecule has 0 bridgehead atoms. The predicted molar refractivity (Wildman–Crippen MR) is 65.1 cm³/mol. The summed E-state index contributed by atoms with van der Waals surface area (Å²) in [5.74, 6) is 0.112. The van der Waals surface area contributed by atoms with Crippen molar-refractivity contribution < 1.29 is 4.79 Å². The molecule has 2 N–H and O–H groups in total. The summed E-state index contributed by atoms with van der Waals surface area (Å²) in [6.07, 6.45) is 2.04. The molecule has 5 heteroatoms. The van der Waals surface area contributed by atoms with Crippen LogP contribution in [0, 0.1) is 0 Å². The lowest BCUT2D eigenvalue weighted by molar-refractivity contribution is 0.0713. The van der Waals surface area contributed by atoms with Crippen molar-refractivity contribution in [1.29, 1.82) is 0 Å². The Morgan fingerprint density at radius 1 is 1.67 bits per heavy atom. The van der Waals surface area contributed by atoms with E-state index in [-0.39, 0.29) is 11.9 Å². The molecule has 1 aliphatic heterocycles. The molecule has 0 aromatic carbocycles. The van der Waals surface area contributed by atoms with Crippen LogP contribution in [0.4, 0.5) is 0 Å². The summed E-state index contributed by atoms with van der Waals surface area (Å²) in [6, 6.07) is 2.01. The summed E-state index contributed by atoms with van der Waals surface area (Å²) in [7, 11) is 0. The summed E-state index contributed by atoms with van der Waals surface area (Å²) in [4.78, 5) is 14.7. The molecule has 0 aliphatic carbocycles. The van der Waals surface area contributed by atoms with Gasteiger partial charge in [0.25, 0.3) is 5.91 Å². The molecular formula is C10H13BrN2OS. The van der Waals surface area contributed by atoms with Crippen molar-refractivity contribution in [2.75, 3.05) is 13.1 Å². The van der Waals surface area contributed by atoms with E-state index in [9.17, 15) is 4.79 Å². The lowest BCUT2D eigenvalue weighted by atomic mass is 10.1. The SMILES string of the molecule is N[C@@H]1CCCN(C(=O)c2cc(Br)cs2)C1. The predicted octanol–water partition coefficient (Wildman–Crippen LogP) is 2.07. The second kappa shape index (κ2) is 4.63. The number of thiophene rings is 1. The Morgan fingerprint density at radius 3 is 3.07 bits per heavy atom. The molecule has 0 spiro atoms. The number of amides is 1. The van der Waals surface area contributed by atoms with Gasteiger partial charge in [-0.2, -0.15) is 0 Å². The van der Waals surface area contributed by atoms with Gasteiger partial charge in [-0.25, -0.2) is 0 Å². The number of halogens is 1. The minimum absolute atomic E-state index is 0.112. The smallest absolute Gasteiger partial charge is 0.264 e. The highest BCUT2D eigenvalue weighted by Gasteiger charge is 2.23. The molecule has 1 aliphatic rings. The van der Waals surface area contributed by atoms with Crippen LogP contribution in [0.15, 0.2) is 15.9 Å². The van der Waals surface area contributed by atoms with Gasteiger partial charge in [0, 0.05) is 29.0 Å². The van der Waals surface area contributed by atoms with Gasteiger partial charge in [-0.1, -0.05) is 0 Å². The van der Waals surface area contributed by atoms with Gasteiger partial charge in [-0.3, -0.25) is 4.79 Å². The number of nitrogens with zero attached hydrogens (tertiary/aromatic N) is 1. The van der Waals surface area contributed by atoms with Crippen molar-refractivity contribution in [3.63, 3.8) is 0 Å². The van der Waals surface area contributed by atoms with E-state index < -0.39 is 0 Å². The van der Waals surface area contributed by atoms with Gasteiger partial charge in [0.2, 0.25) is 0 Å². The highest BCUT2D eigenvalue weighted by Crippen LogP contribution is 2.22. The van der Waals surface area contributed by atoms with E-state index >= 15 is 0 Å². The van der Waals surface area contributed by atoms with E-state index in [1.165, 1.54) is 11.3 Å². The van der Waals surface area contributed by atoms with E-state index in [1.54, 1.807) is 0 Å². The molecule has 82 valence electrons. The zero-order valence-corrected chi connectivity index (χ0v) is 10.7. The maximum atomic E-state index is 12.0. The quantitative estimate of drug-likeness (QED) is 0.860. The first-order valence-electron chi connectivity index (χ1n) is 4.95. The van der Waals surface area contributed by atoms with Crippen LogP contribution >= 0.6 is 27.3 Å². The Balaban J connectivity index is 2.07. The molecule has 0 radical (unpaired) electrons. The number of likely N-dealkylation sites (tertiary alicyclic amines) is 1. The first kappa shape index (κ1) is 11.1. The summed E-state index contributed by atoms with van der Waals surface area (Å²) in [6.45, 7) is 1.52. The van der Waals surface area contributed by atoms with Crippen LogP contribution in [-0.2, 0) is 0 Å². The Kier molecular flexibility index (Phi) is 3.43. The molecule has 3 nitrogen and oxygen atoms in total.